The van der Waals surface area contributed by atoms with Gasteiger partial charge in [0.05, 0.1) is 4.95 Å². The molecule has 0 radical (unpaired) electrons. The van der Waals surface area contributed by atoms with Crippen LogP contribution in [0.5, 0.6) is 0 Å². The topological polar surface area (TPSA) is 49.3 Å². The van der Waals surface area contributed by atoms with Gasteiger partial charge in [-0.15, -0.1) is 17.0 Å². The minimum atomic E-state index is -0.965. The summed E-state index contributed by atoms with van der Waals surface area (Å²) in [7, 11) is 0. The monoisotopic (exact) mass is 317 g/mol. The van der Waals surface area contributed by atoms with E-state index in [9.17, 15) is 4.79 Å². The Hall–Kier alpha value is 0.230. The summed E-state index contributed by atoms with van der Waals surface area (Å²) in [6.45, 7) is 2.15. The molecule has 2 N–H and O–H groups in total. The van der Waals surface area contributed by atoms with Gasteiger partial charge >= 0.3 is 6.09 Å². The first-order chi connectivity index (χ1) is 5.66. The molecule has 1 atom stereocenters. The molecule has 0 saturated heterocycles. The first-order valence-electron chi connectivity index (χ1n) is 4.30. The van der Waals surface area contributed by atoms with Gasteiger partial charge in [-0.1, -0.05) is 48.5 Å². The first-order valence-corrected chi connectivity index (χ1v) is 5.22. The quantitative estimate of drug-likeness (QED) is 0.447. The number of hydrogen-bond acceptors (Lipinski definition) is 1. The molecular formula is C8H17Br2NO2. The summed E-state index contributed by atoms with van der Waals surface area (Å²) in [6.07, 6.45) is 4.59. The Labute approximate surface area is 98.2 Å². The highest BCUT2D eigenvalue weighted by Crippen LogP contribution is 2.09. The summed E-state index contributed by atoms with van der Waals surface area (Å²) >= 11 is 3.24. The normalized spacial score (nSPS) is 11.5. The second-order valence-corrected chi connectivity index (χ2v) is 3.87. The van der Waals surface area contributed by atoms with Crippen molar-refractivity contribution in [3.05, 3.63) is 0 Å². The van der Waals surface area contributed by atoms with Crippen LogP contribution in [0.15, 0.2) is 0 Å². The van der Waals surface area contributed by atoms with E-state index in [0.717, 1.165) is 12.8 Å². The largest absolute Gasteiger partial charge is 0.465 e. The first kappa shape index (κ1) is 15.7. The van der Waals surface area contributed by atoms with Gasteiger partial charge in [0, 0.05) is 0 Å². The van der Waals surface area contributed by atoms with Crippen molar-refractivity contribution >= 4 is 39.0 Å². The molecule has 0 aliphatic heterocycles. The molecule has 1 amide bonds. The van der Waals surface area contributed by atoms with E-state index in [1.54, 1.807) is 0 Å². The minimum absolute atomic E-state index is 0. The second-order valence-electron chi connectivity index (χ2n) is 2.77. The summed E-state index contributed by atoms with van der Waals surface area (Å²) in [5, 5.41) is 10.7. The van der Waals surface area contributed by atoms with Gasteiger partial charge in [0.25, 0.3) is 0 Å². The van der Waals surface area contributed by atoms with Crippen LogP contribution in [0.2, 0.25) is 0 Å². The highest BCUT2D eigenvalue weighted by Gasteiger charge is 2.05. The van der Waals surface area contributed by atoms with Crippen LogP contribution in [-0.4, -0.2) is 16.2 Å². The Morgan fingerprint density at radius 3 is 2.54 bits per heavy atom. The van der Waals surface area contributed by atoms with Crippen LogP contribution in [0.1, 0.15) is 39.0 Å². The molecule has 0 aromatic heterocycles. The van der Waals surface area contributed by atoms with Crippen molar-refractivity contribution in [3.8, 4) is 0 Å². The number of hydrogen-bond donors (Lipinski definition) is 2. The zero-order chi connectivity index (χ0) is 9.40. The molecular weight excluding hydrogens is 302 g/mol. The fraction of sp³-hybridized carbons (Fsp3) is 0.875. The number of nitrogens with one attached hydrogen (secondary N) is 1. The molecule has 13 heavy (non-hydrogen) atoms. The third kappa shape index (κ3) is 12.2. The van der Waals surface area contributed by atoms with E-state index in [1.165, 1.54) is 19.3 Å². The molecule has 0 rings (SSSR count). The van der Waals surface area contributed by atoms with E-state index < -0.39 is 6.09 Å². The van der Waals surface area contributed by atoms with Crippen LogP contribution in [0.25, 0.3) is 0 Å². The van der Waals surface area contributed by atoms with Gasteiger partial charge in [-0.25, -0.2) is 4.79 Å². The van der Waals surface area contributed by atoms with Crippen molar-refractivity contribution < 1.29 is 9.90 Å². The lowest BCUT2D eigenvalue weighted by atomic mass is 10.1. The van der Waals surface area contributed by atoms with Crippen LogP contribution in [0, 0.1) is 0 Å². The third-order valence-electron chi connectivity index (χ3n) is 1.59. The number of carboxylic acid groups (broad SMARTS) is 1. The van der Waals surface area contributed by atoms with Crippen molar-refractivity contribution in [1.82, 2.24) is 5.32 Å². The molecule has 0 heterocycles. The lowest BCUT2D eigenvalue weighted by molar-refractivity contribution is 0.193. The predicted molar refractivity (Wildman–Crippen MR) is 63.0 cm³/mol. The van der Waals surface area contributed by atoms with Crippen molar-refractivity contribution in [1.29, 1.82) is 0 Å². The van der Waals surface area contributed by atoms with E-state index in [0.29, 0.717) is 0 Å². The molecule has 0 aromatic rings. The lowest BCUT2D eigenvalue weighted by Crippen LogP contribution is -2.28. The van der Waals surface area contributed by atoms with E-state index >= 15 is 0 Å². The SMILES string of the molecule is Br.CCCCCCC(Br)NC(=O)O. The highest BCUT2D eigenvalue weighted by molar-refractivity contribution is 9.09. The molecule has 1 unspecified atom stereocenters. The third-order valence-corrected chi connectivity index (χ3v) is 2.28. The molecule has 0 bridgehead atoms. The maximum absolute atomic E-state index is 10.2. The van der Waals surface area contributed by atoms with Crippen LogP contribution < -0.4 is 5.32 Å². The number of carbonyl (C=O) groups is 1. The Balaban J connectivity index is 0. The maximum Gasteiger partial charge on any atom is 0.405 e. The van der Waals surface area contributed by atoms with E-state index in [1.807, 2.05) is 0 Å². The zero-order valence-electron chi connectivity index (χ0n) is 7.75. The fourth-order valence-electron chi connectivity index (χ4n) is 0.956. The van der Waals surface area contributed by atoms with E-state index in [-0.39, 0.29) is 21.9 Å². The van der Waals surface area contributed by atoms with Gasteiger partial charge in [-0.05, 0) is 6.42 Å². The predicted octanol–water partition coefficient (Wildman–Crippen LogP) is 3.52. The van der Waals surface area contributed by atoms with Crippen molar-refractivity contribution in [2.75, 3.05) is 0 Å². The maximum atomic E-state index is 10.2. The van der Waals surface area contributed by atoms with Crippen molar-refractivity contribution in [2.45, 2.75) is 44.0 Å². The van der Waals surface area contributed by atoms with Gasteiger partial charge in [0.1, 0.15) is 0 Å². The summed E-state index contributed by atoms with van der Waals surface area (Å²) < 4.78 is 0. The molecule has 0 saturated carbocycles. The molecule has 5 heteroatoms. The Kier molecular flexibility index (Phi) is 12.4. The number of rotatable bonds is 6. The molecule has 0 spiro atoms. The number of unbranched alkanes of at least 4 members (excludes halogenated alkanes) is 3. The smallest absolute Gasteiger partial charge is 0.405 e. The number of alkyl halides is 1. The minimum Gasteiger partial charge on any atom is -0.465 e. The Morgan fingerprint density at radius 2 is 2.08 bits per heavy atom. The van der Waals surface area contributed by atoms with Crippen molar-refractivity contribution in [2.24, 2.45) is 0 Å². The van der Waals surface area contributed by atoms with Crippen LogP contribution in [0.4, 0.5) is 4.79 Å². The number of halogens is 2. The molecule has 80 valence electrons. The van der Waals surface area contributed by atoms with Crippen LogP contribution in [-0.2, 0) is 0 Å². The molecule has 0 aromatic carbocycles. The van der Waals surface area contributed by atoms with Gasteiger partial charge < -0.3 is 10.4 Å². The van der Waals surface area contributed by atoms with Gasteiger partial charge in [-0.3, -0.25) is 0 Å². The second kappa shape index (κ2) is 10.3. The molecule has 0 aliphatic carbocycles. The Morgan fingerprint density at radius 1 is 1.46 bits per heavy atom. The van der Waals surface area contributed by atoms with Gasteiger partial charge in [0.15, 0.2) is 0 Å². The zero-order valence-corrected chi connectivity index (χ0v) is 11.1. The summed E-state index contributed by atoms with van der Waals surface area (Å²) in [5.74, 6) is 0. The van der Waals surface area contributed by atoms with E-state index in [2.05, 4.69) is 28.2 Å². The summed E-state index contributed by atoms with van der Waals surface area (Å²) in [6, 6.07) is 0. The lowest BCUT2D eigenvalue weighted by Gasteiger charge is -2.08. The standard InChI is InChI=1S/C8H16BrNO2.BrH/c1-2-3-4-5-6-7(9)10-8(11)12;/h7,10H,2-6H2,1H3,(H,11,12);1H. The van der Waals surface area contributed by atoms with Gasteiger partial charge in [0.2, 0.25) is 0 Å². The summed E-state index contributed by atoms with van der Waals surface area (Å²) in [5.41, 5.74) is 0. The molecule has 0 aliphatic rings. The molecule has 0 fully saturated rings. The van der Waals surface area contributed by atoms with E-state index in [4.69, 9.17) is 5.11 Å². The highest BCUT2D eigenvalue weighted by atomic mass is 79.9. The summed E-state index contributed by atoms with van der Waals surface area (Å²) in [4.78, 5) is 10.1. The van der Waals surface area contributed by atoms with Crippen LogP contribution >= 0.6 is 32.9 Å². The van der Waals surface area contributed by atoms with Crippen LogP contribution in [0.3, 0.4) is 0 Å². The van der Waals surface area contributed by atoms with Gasteiger partial charge in [-0.2, -0.15) is 0 Å². The fourth-order valence-corrected chi connectivity index (χ4v) is 1.48. The van der Waals surface area contributed by atoms with Crippen molar-refractivity contribution in [3.63, 3.8) is 0 Å². The molecule has 3 nitrogen and oxygen atoms in total. The Bertz CT molecular complexity index is 133. The average Bonchev–Trinajstić information content (AvgIpc) is 1.97. The number of amides is 1. The average molecular weight is 319 g/mol.